The van der Waals surface area contributed by atoms with Gasteiger partial charge in [0.1, 0.15) is 0 Å². The van der Waals surface area contributed by atoms with E-state index in [-0.39, 0.29) is 17.9 Å². The number of carbonyl (C=O) groups excluding carboxylic acids is 2. The van der Waals surface area contributed by atoms with E-state index in [1.54, 1.807) is 0 Å². The van der Waals surface area contributed by atoms with Crippen LogP contribution in [0.1, 0.15) is 45.1 Å². The van der Waals surface area contributed by atoms with E-state index in [9.17, 15) is 19.8 Å². The van der Waals surface area contributed by atoms with Gasteiger partial charge in [-0.3, -0.25) is 4.79 Å². The first kappa shape index (κ1) is 25.4. The van der Waals surface area contributed by atoms with E-state index in [2.05, 4.69) is 18.8 Å². The highest BCUT2D eigenvalue weighted by atomic mass is 16.6. The molecule has 1 saturated heterocycles. The average Bonchev–Trinajstić information content (AvgIpc) is 3.09. The third-order valence-electron chi connectivity index (χ3n) is 8.04. The molecule has 1 aliphatic carbocycles. The molecule has 2 unspecified atom stereocenters. The fraction of sp³-hybridized carbons (Fsp3) is 0.517. The molecule has 2 heterocycles. The zero-order valence-corrected chi connectivity index (χ0v) is 20.6. The molecule has 1 saturated carbocycles. The van der Waals surface area contributed by atoms with Gasteiger partial charge in [-0.15, -0.1) is 0 Å². The van der Waals surface area contributed by atoms with Crippen molar-refractivity contribution in [2.24, 2.45) is 23.7 Å². The van der Waals surface area contributed by atoms with Gasteiger partial charge in [-0.25, -0.2) is 4.79 Å². The molecule has 1 amide bonds. The predicted octanol–water partition coefficient (Wildman–Crippen LogP) is 3.49. The van der Waals surface area contributed by atoms with Crippen LogP contribution in [0, 0.1) is 23.7 Å². The predicted molar refractivity (Wildman–Crippen MR) is 134 cm³/mol. The maximum absolute atomic E-state index is 13.7. The van der Waals surface area contributed by atoms with Crippen LogP contribution < -0.4 is 5.32 Å². The van der Waals surface area contributed by atoms with Gasteiger partial charge < -0.3 is 20.3 Å². The van der Waals surface area contributed by atoms with Gasteiger partial charge in [0, 0.05) is 18.0 Å². The van der Waals surface area contributed by atoms with Crippen molar-refractivity contribution in [3.8, 4) is 0 Å². The zero-order valence-electron chi connectivity index (χ0n) is 20.6. The Morgan fingerprint density at radius 1 is 1.11 bits per heavy atom. The van der Waals surface area contributed by atoms with E-state index in [0.29, 0.717) is 24.3 Å². The van der Waals surface area contributed by atoms with E-state index in [4.69, 9.17) is 4.74 Å². The minimum Gasteiger partial charge on any atom is -0.445 e. The molecule has 3 N–H and O–H groups in total. The van der Waals surface area contributed by atoms with Crippen molar-refractivity contribution in [1.29, 1.82) is 0 Å². The first-order valence-electron chi connectivity index (χ1n) is 12.7. The summed E-state index contributed by atoms with van der Waals surface area (Å²) in [5, 5.41) is 24.7. The largest absolute Gasteiger partial charge is 0.445 e. The molecule has 0 bridgehead atoms. The summed E-state index contributed by atoms with van der Waals surface area (Å²) in [7, 11) is 0. The molecule has 0 aromatic heterocycles. The molecule has 1 spiro atoms. The van der Waals surface area contributed by atoms with Crippen LogP contribution in [0.5, 0.6) is 0 Å². The summed E-state index contributed by atoms with van der Waals surface area (Å²) in [4.78, 5) is 26.8. The molecule has 6 nitrogen and oxygen atoms in total. The zero-order chi connectivity index (χ0) is 25.2. The summed E-state index contributed by atoms with van der Waals surface area (Å²) < 4.78 is 6.05. The molecule has 2 fully saturated rings. The Morgan fingerprint density at radius 3 is 2.60 bits per heavy atom. The first-order valence-corrected chi connectivity index (χ1v) is 12.7. The van der Waals surface area contributed by atoms with Gasteiger partial charge in [-0.05, 0) is 48.3 Å². The number of hydrogen-bond donors (Lipinski definition) is 3. The standard InChI is InChI=1S/C29H37NO5/c1-18-9-7-13-22(31)15-16-25(32)35-29-23(14-8-10-18)27(33)20(3)19(2)26(29)24(30-28(29)34)17-21-11-5-4-6-12-21/h4-6,8,11-12,14-16,18-19,22-24,26-27,31,33H,3,7,9-10,13,17H2,1-2H3,(H,30,34)/b14-8+,16-15+/t18-,19-,22-,23+,24?,26?,27-,29-/m1/s1. The lowest BCUT2D eigenvalue weighted by atomic mass is 9.59. The van der Waals surface area contributed by atoms with Crippen molar-refractivity contribution >= 4 is 11.9 Å². The molecule has 2 aliphatic heterocycles. The Labute approximate surface area is 207 Å². The maximum atomic E-state index is 13.7. The number of carbonyl (C=O) groups is 2. The third kappa shape index (κ3) is 5.00. The minimum atomic E-state index is -1.57. The van der Waals surface area contributed by atoms with Crippen LogP contribution in [0.25, 0.3) is 0 Å². The number of nitrogens with one attached hydrogen (secondary N) is 1. The number of hydrogen-bond acceptors (Lipinski definition) is 5. The molecule has 1 aromatic carbocycles. The number of amides is 1. The van der Waals surface area contributed by atoms with Crippen LogP contribution in [0.4, 0.5) is 0 Å². The van der Waals surface area contributed by atoms with Crippen molar-refractivity contribution in [3.63, 3.8) is 0 Å². The fourth-order valence-corrected chi connectivity index (χ4v) is 6.09. The van der Waals surface area contributed by atoms with Crippen molar-refractivity contribution in [3.05, 3.63) is 72.4 Å². The van der Waals surface area contributed by atoms with Crippen LogP contribution >= 0.6 is 0 Å². The lowest BCUT2D eigenvalue weighted by molar-refractivity contribution is -0.182. The number of aliphatic hydroxyl groups is 2. The number of aliphatic hydroxyl groups excluding tert-OH is 2. The van der Waals surface area contributed by atoms with Crippen molar-refractivity contribution < 1.29 is 24.5 Å². The smallest absolute Gasteiger partial charge is 0.331 e. The molecule has 6 heteroatoms. The van der Waals surface area contributed by atoms with Crippen LogP contribution in [0.3, 0.4) is 0 Å². The second-order valence-electron chi connectivity index (χ2n) is 10.5. The lowest BCUT2D eigenvalue weighted by Crippen LogP contribution is -2.61. The Morgan fingerprint density at radius 2 is 1.86 bits per heavy atom. The summed E-state index contributed by atoms with van der Waals surface area (Å²) in [5.74, 6) is -2.13. The van der Waals surface area contributed by atoms with E-state index >= 15 is 0 Å². The van der Waals surface area contributed by atoms with Crippen LogP contribution in [0.2, 0.25) is 0 Å². The van der Waals surface area contributed by atoms with Crippen LogP contribution in [-0.2, 0) is 20.7 Å². The molecule has 3 aliphatic rings. The summed E-state index contributed by atoms with van der Waals surface area (Å²) in [6.45, 7) is 8.27. The quantitative estimate of drug-likeness (QED) is 0.446. The molecule has 188 valence electrons. The maximum Gasteiger partial charge on any atom is 0.331 e. The highest BCUT2D eigenvalue weighted by Gasteiger charge is 2.67. The monoisotopic (exact) mass is 479 g/mol. The van der Waals surface area contributed by atoms with E-state index in [0.717, 1.165) is 24.8 Å². The van der Waals surface area contributed by atoms with Crippen LogP contribution in [0.15, 0.2) is 66.8 Å². The normalized spacial score (nSPS) is 40.0. The molecule has 35 heavy (non-hydrogen) atoms. The van der Waals surface area contributed by atoms with E-state index in [1.165, 1.54) is 12.2 Å². The summed E-state index contributed by atoms with van der Waals surface area (Å²) in [6, 6.07) is 9.59. The lowest BCUT2D eigenvalue weighted by Gasteiger charge is -2.49. The molecular formula is C29H37NO5. The number of allylic oxidation sites excluding steroid dienone is 1. The van der Waals surface area contributed by atoms with Crippen molar-refractivity contribution in [2.45, 2.75) is 69.8 Å². The number of ether oxygens (including phenoxy) is 1. The summed E-state index contributed by atoms with van der Waals surface area (Å²) in [6.07, 6.45) is 8.39. The van der Waals surface area contributed by atoms with Crippen molar-refractivity contribution in [1.82, 2.24) is 5.32 Å². The summed E-state index contributed by atoms with van der Waals surface area (Å²) in [5.41, 5.74) is 0.136. The fourth-order valence-electron chi connectivity index (χ4n) is 6.09. The Hall–Kier alpha value is -2.70. The number of esters is 1. The summed E-state index contributed by atoms with van der Waals surface area (Å²) >= 11 is 0. The highest BCUT2D eigenvalue weighted by Crippen LogP contribution is 2.52. The molecule has 0 radical (unpaired) electrons. The van der Waals surface area contributed by atoms with E-state index in [1.807, 2.05) is 49.4 Å². The van der Waals surface area contributed by atoms with Gasteiger partial charge in [-0.2, -0.15) is 0 Å². The van der Waals surface area contributed by atoms with Gasteiger partial charge in [0.15, 0.2) is 0 Å². The second kappa shape index (κ2) is 10.5. The van der Waals surface area contributed by atoms with Crippen molar-refractivity contribution in [2.75, 3.05) is 0 Å². The van der Waals surface area contributed by atoms with Gasteiger partial charge in [0.25, 0.3) is 5.91 Å². The molecule has 1 aromatic rings. The molecule has 4 rings (SSSR count). The topological polar surface area (TPSA) is 95.9 Å². The third-order valence-corrected chi connectivity index (χ3v) is 8.04. The van der Waals surface area contributed by atoms with E-state index < -0.39 is 35.6 Å². The second-order valence-corrected chi connectivity index (χ2v) is 10.5. The van der Waals surface area contributed by atoms with Gasteiger partial charge >= 0.3 is 5.97 Å². The highest BCUT2D eigenvalue weighted by molar-refractivity contribution is 5.94. The number of benzene rings is 1. The molecule has 8 atom stereocenters. The SMILES string of the molecule is C=C1[C@@H](C)C2C(Cc3ccccc3)NC(=O)[C@]23OC(=O)/C=C/[C@H](O)CCC[C@@H](C)C/C=C/[C@H]3[C@@H]1O. The average molecular weight is 480 g/mol. The van der Waals surface area contributed by atoms with Gasteiger partial charge in [0.05, 0.1) is 18.1 Å². The Kier molecular flexibility index (Phi) is 7.62. The first-order chi connectivity index (χ1) is 16.7. The Bertz CT molecular complexity index is 1000. The number of rotatable bonds is 2. The van der Waals surface area contributed by atoms with Gasteiger partial charge in [-0.1, -0.05) is 75.8 Å². The Balaban J connectivity index is 1.78. The molecular weight excluding hydrogens is 442 g/mol. The van der Waals surface area contributed by atoms with Gasteiger partial charge in [0.2, 0.25) is 5.60 Å². The van der Waals surface area contributed by atoms with Crippen LogP contribution in [-0.4, -0.2) is 45.9 Å². The minimum absolute atomic E-state index is 0.262.